The summed E-state index contributed by atoms with van der Waals surface area (Å²) in [5, 5.41) is 2.67. The molecule has 0 aliphatic heterocycles. The first-order valence-electron chi connectivity index (χ1n) is 4.50. The zero-order chi connectivity index (χ0) is 9.80. The van der Waals surface area contributed by atoms with Crippen molar-refractivity contribution in [3.8, 4) is 0 Å². The van der Waals surface area contributed by atoms with Gasteiger partial charge in [0.05, 0.1) is 12.0 Å². The van der Waals surface area contributed by atoms with Crippen molar-refractivity contribution in [3.63, 3.8) is 0 Å². The number of nitrogen functional groups attached to an aromatic ring is 1. The van der Waals surface area contributed by atoms with Gasteiger partial charge in [-0.2, -0.15) is 0 Å². The van der Waals surface area contributed by atoms with Crippen LogP contribution in [0.25, 0.3) is 0 Å². The summed E-state index contributed by atoms with van der Waals surface area (Å²) in [6.07, 6.45) is 7.64. The fourth-order valence-corrected chi connectivity index (χ4v) is 1.90. The van der Waals surface area contributed by atoms with E-state index in [-0.39, 0.29) is 0 Å². The van der Waals surface area contributed by atoms with Gasteiger partial charge in [-0.05, 0) is 12.8 Å². The van der Waals surface area contributed by atoms with Crippen LogP contribution in [0.3, 0.4) is 0 Å². The number of anilines is 1. The molecule has 5 heteroatoms. The normalized spacial score (nSPS) is 10.6. The van der Waals surface area contributed by atoms with Crippen LogP contribution >= 0.6 is 11.3 Å². The maximum atomic E-state index is 5.54. The van der Waals surface area contributed by atoms with Crippen LogP contribution < -0.4 is 5.73 Å². The molecule has 74 valence electrons. The number of nitrogens with two attached hydrogens (primary N) is 1. The van der Waals surface area contributed by atoms with Crippen LogP contribution in [0.15, 0.2) is 24.1 Å². The zero-order valence-electron chi connectivity index (χ0n) is 7.76. The van der Waals surface area contributed by atoms with E-state index in [0.29, 0.717) is 5.13 Å². The van der Waals surface area contributed by atoms with Crippen molar-refractivity contribution in [3.05, 3.63) is 29.8 Å². The molecule has 14 heavy (non-hydrogen) atoms. The predicted octanol–water partition coefficient (Wildman–Crippen LogP) is 1.55. The highest BCUT2D eigenvalue weighted by Crippen LogP contribution is 2.12. The lowest BCUT2D eigenvalue weighted by atomic mass is 10.2. The van der Waals surface area contributed by atoms with Crippen LogP contribution in [-0.2, 0) is 13.0 Å². The lowest BCUT2D eigenvalue weighted by Gasteiger charge is -1.99. The van der Waals surface area contributed by atoms with Crippen LogP contribution in [0.4, 0.5) is 5.13 Å². The summed E-state index contributed by atoms with van der Waals surface area (Å²) in [5.41, 5.74) is 6.63. The molecule has 0 amide bonds. The molecular formula is C9H12N4S. The Labute approximate surface area is 86.4 Å². The van der Waals surface area contributed by atoms with Gasteiger partial charge in [-0.15, -0.1) is 11.3 Å². The van der Waals surface area contributed by atoms with Gasteiger partial charge in [0, 0.05) is 24.3 Å². The van der Waals surface area contributed by atoms with E-state index in [2.05, 4.69) is 14.5 Å². The van der Waals surface area contributed by atoms with Gasteiger partial charge < -0.3 is 10.3 Å². The number of thiazole rings is 1. The first-order valence-corrected chi connectivity index (χ1v) is 5.38. The largest absolute Gasteiger partial charge is 0.375 e. The van der Waals surface area contributed by atoms with E-state index in [1.165, 1.54) is 11.3 Å². The Bertz CT molecular complexity index is 379. The van der Waals surface area contributed by atoms with Crippen molar-refractivity contribution in [2.24, 2.45) is 0 Å². The topological polar surface area (TPSA) is 56.7 Å². The lowest BCUT2D eigenvalue weighted by molar-refractivity contribution is 0.637. The molecule has 0 saturated heterocycles. The van der Waals surface area contributed by atoms with Gasteiger partial charge >= 0.3 is 0 Å². The maximum absolute atomic E-state index is 5.54. The minimum Gasteiger partial charge on any atom is -0.375 e. The van der Waals surface area contributed by atoms with Gasteiger partial charge in [0.2, 0.25) is 0 Å². The molecule has 0 bridgehead atoms. The summed E-state index contributed by atoms with van der Waals surface area (Å²) in [7, 11) is 0. The molecule has 0 atom stereocenters. The van der Waals surface area contributed by atoms with Crippen molar-refractivity contribution >= 4 is 16.5 Å². The van der Waals surface area contributed by atoms with Crippen LogP contribution in [0.2, 0.25) is 0 Å². The number of hydrogen-bond donors (Lipinski definition) is 1. The highest BCUT2D eigenvalue weighted by molar-refractivity contribution is 7.13. The number of nitrogens with zero attached hydrogens (tertiary/aromatic N) is 3. The lowest BCUT2D eigenvalue weighted by Crippen LogP contribution is -1.97. The number of rotatable bonds is 4. The van der Waals surface area contributed by atoms with E-state index in [0.717, 1.165) is 25.1 Å². The Hall–Kier alpha value is -1.36. The Morgan fingerprint density at radius 1 is 1.50 bits per heavy atom. The summed E-state index contributed by atoms with van der Waals surface area (Å²) < 4.78 is 2.07. The van der Waals surface area contributed by atoms with Crippen molar-refractivity contribution in [2.75, 3.05) is 5.73 Å². The van der Waals surface area contributed by atoms with E-state index in [1.807, 2.05) is 17.9 Å². The fraction of sp³-hybridized carbons (Fsp3) is 0.333. The average molecular weight is 208 g/mol. The highest BCUT2D eigenvalue weighted by atomic mass is 32.1. The predicted molar refractivity (Wildman–Crippen MR) is 57.1 cm³/mol. The Balaban J connectivity index is 1.78. The second-order valence-electron chi connectivity index (χ2n) is 3.08. The van der Waals surface area contributed by atoms with Crippen LogP contribution in [0.5, 0.6) is 0 Å². The van der Waals surface area contributed by atoms with Crippen molar-refractivity contribution < 1.29 is 0 Å². The number of aromatic nitrogens is 3. The molecule has 0 unspecified atom stereocenters. The molecule has 0 aliphatic carbocycles. The SMILES string of the molecule is Nc1nc(CCCn2ccnc2)cs1. The van der Waals surface area contributed by atoms with E-state index in [9.17, 15) is 0 Å². The van der Waals surface area contributed by atoms with E-state index in [1.54, 1.807) is 6.20 Å². The van der Waals surface area contributed by atoms with E-state index < -0.39 is 0 Å². The Kier molecular flexibility index (Phi) is 2.78. The summed E-state index contributed by atoms with van der Waals surface area (Å²) >= 11 is 1.50. The quantitative estimate of drug-likeness (QED) is 0.829. The smallest absolute Gasteiger partial charge is 0.180 e. The minimum absolute atomic E-state index is 0.655. The van der Waals surface area contributed by atoms with Crippen molar-refractivity contribution in [1.82, 2.24) is 14.5 Å². The summed E-state index contributed by atoms with van der Waals surface area (Å²) in [6, 6.07) is 0. The molecule has 0 aromatic carbocycles. The van der Waals surface area contributed by atoms with Gasteiger partial charge in [0.1, 0.15) is 0 Å². The standard InChI is InChI=1S/C9H12N4S/c10-9-12-8(6-14-9)2-1-4-13-5-3-11-7-13/h3,5-7H,1-2,4H2,(H2,10,12). The first-order chi connectivity index (χ1) is 6.84. The second kappa shape index (κ2) is 4.23. The third-order valence-electron chi connectivity index (χ3n) is 1.98. The van der Waals surface area contributed by atoms with Crippen molar-refractivity contribution in [2.45, 2.75) is 19.4 Å². The number of hydrogen-bond acceptors (Lipinski definition) is 4. The fourth-order valence-electron chi connectivity index (χ4n) is 1.30. The highest BCUT2D eigenvalue weighted by Gasteiger charge is 1.98. The molecule has 2 N–H and O–H groups in total. The van der Waals surface area contributed by atoms with E-state index >= 15 is 0 Å². The molecular weight excluding hydrogens is 196 g/mol. The molecule has 0 aliphatic rings. The van der Waals surface area contributed by atoms with Gasteiger partial charge in [-0.1, -0.05) is 0 Å². The molecule has 0 spiro atoms. The van der Waals surface area contributed by atoms with Crippen LogP contribution in [0, 0.1) is 0 Å². The van der Waals surface area contributed by atoms with Gasteiger partial charge in [0.25, 0.3) is 0 Å². The average Bonchev–Trinajstić information content (AvgIpc) is 2.77. The molecule has 4 nitrogen and oxygen atoms in total. The molecule has 2 aromatic rings. The second-order valence-corrected chi connectivity index (χ2v) is 3.97. The third-order valence-corrected chi connectivity index (χ3v) is 2.70. The third kappa shape index (κ3) is 2.32. The van der Waals surface area contributed by atoms with Crippen LogP contribution in [-0.4, -0.2) is 14.5 Å². The molecule has 0 saturated carbocycles. The number of aryl methyl sites for hydroxylation is 2. The molecule has 0 fully saturated rings. The molecule has 2 aromatic heterocycles. The summed E-state index contributed by atoms with van der Waals surface area (Å²) in [5.74, 6) is 0. The first kappa shape index (κ1) is 9.21. The monoisotopic (exact) mass is 208 g/mol. The van der Waals surface area contributed by atoms with Crippen molar-refractivity contribution in [1.29, 1.82) is 0 Å². The molecule has 2 rings (SSSR count). The molecule has 2 heterocycles. The minimum atomic E-state index is 0.655. The summed E-state index contributed by atoms with van der Waals surface area (Å²) in [4.78, 5) is 8.18. The zero-order valence-corrected chi connectivity index (χ0v) is 8.57. The maximum Gasteiger partial charge on any atom is 0.180 e. The van der Waals surface area contributed by atoms with Gasteiger partial charge in [-0.25, -0.2) is 9.97 Å². The van der Waals surface area contributed by atoms with Gasteiger partial charge in [0.15, 0.2) is 5.13 Å². The van der Waals surface area contributed by atoms with Gasteiger partial charge in [-0.3, -0.25) is 0 Å². The van der Waals surface area contributed by atoms with Crippen LogP contribution in [0.1, 0.15) is 12.1 Å². The Morgan fingerprint density at radius 2 is 2.43 bits per heavy atom. The number of imidazole rings is 1. The van der Waals surface area contributed by atoms with E-state index in [4.69, 9.17) is 5.73 Å². The summed E-state index contributed by atoms with van der Waals surface area (Å²) in [6.45, 7) is 0.984. The Morgan fingerprint density at radius 3 is 3.07 bits per heavy atom. The molecule has 0 radical (unpaired) electrons.